The molecule has 0 atom stereocenters. The van der Waals surface area contributed by atoms with Crippen molar-refractivity contribution in [2.75, 3.05) is 4.90 Å². The summed E-state index contributed by atoms with van der Waals surface area (Å²) >= 11 is 0. The van der Waals surface area contributed by atoms with Gasteiger partial charge in [-0.05, 0) is 107 Å². The quantitative estimate of drug-likeness (QED) is 0.158. The second-order valence-electron chi connectivity index (χ2n) is 13.4. The summed E-state index contributed by atoms with van der Waals surface area (Å²) < 4.78 is 38.7. The third kappa shape index (κ3) is 5.51. The van der Waals surface area contributed by atoms with Crippen LogP contribution in [-0.4, -0.2) is 0 Å². The summed E-state index contributed by atoms with van der Waals surface area (Å²) in [6.45, 7) is 0. The molecule has 0 aliphatic rings. The van der Waals surface area contributed by atoms with Crippen LogP contribution in [0.3, 0.4) is 0 Å². The minimum atomic E-state index is -0.110. The van der Waals surface area contributed by atoms with Crippen LogP contribution < -0.4 is 4.90 Å². The molecule has 0 heterocycles. The van der Waals surface area contributed by atoms with Gasteiger partial charge in [-0.2, -0.15) is 0 Å². The summed E-state index contributed by atoms with van der Waals surface area (Å²) in [7, 11) is 0. The molecule has 0 aliphatic heterocycles. The van der Waals surface area contributed by atoms with Crippen molar-refractivity contribution in [1.82, 2.24) is 0 Å². The van der Waals surface area contributed by atoms with Crippen LogP contribution >= 0.6 is 0 Å². The van der Waals surface area contributed by atoms with Crippen molar-refractivity contribution in [2.24, 2.45) is 0 Å². The van der Waals surface area contributed by atoms with E-state index in [1.165, 1.54) is 0 Å². The van der Waals surface area contributed by atoms with E-state index in [1.807, 2.05) is 102 Å². The van der Waals surface area contributed by atoms with Crippen LogP contribution in [0.2, 0.25) is 0 Å². The van der Waals surface area contributed by atoms with E-state index in [-0.39, 0.29) is 35.4 Å². The SMILES string of the molecule is [2H]c1c([2H])c(N(c2ccc(-c3ccc(-c4ccccc4)cc3)cc2)c2cc3ccccc3c3ccccc23)c([2H])c([2H])c1-c1cc2ccccc2c2ccccc12. The molecule has 10 rings (SSSR count). The number of nitrogens with zero attached hydrogens (tertiary/aromatic N) is 1. The molecule has 0 spiro atoms. The molecule has 0 aliphatic carbocycles. The molecule has 0 fully saturated rings. The summed E-state index contributed by atoms with van der Waals surface area (Å²) in [5, 5.41) is 8.04. The first-order chi connectivity index (χ1) is 28.0. The van der Waals surface area contributed by atoms with Gasteiger partial charge in [-0.3, -0.25) is 0 Å². The summed E-state index contributed by atoms with van der Waals surface area (Å²) in [6, 6.07) is 63.3. The Morgan fingerprint density at radius 3 is 1.34 bits per heavy atom. The zero-order chi connectivity index (χ0) is 38.6. The molecule has 0 amide bonds. The van der Waals surface area contributed by atoms with Crippen LogP contribution in [0.15, 0.2) is 212 Å². The van der Waals surface area contributed by atoms with Crippen molar-refractivity contribution in [3.8, 4) is 33.4 Å². The van der Waals surface area contributed by atoms with Gasteiger partial charge < -0.3 is 4.90 Å². The molecule has 0 N–H and O–H groups in total. The highest BCUT2D eigenvalue weighted by Crippen LogP contribution is 2.43. The largest absolute Gasteiger partial charge is 0.310 e. The average molecular weight is 678 g/mol. The molecule has 53 heavy (non-hydrogen) atoms. The topological polar surface area (TPSA) is 3.24 Å². The number of anilines is 3. The van der Waals surface area contributed by atoms with Gasteiger partial charge in [-0.15, -0.1) is 0 Å². The van der Waals surface area contributed by atoms with Crippen molar-refractivity contribution < 1.29 is 5.48 Å². The summed E-state index contributed by atoms with van der Waals surface area (Å²) in [4.78, 5) is 1.92. The van der Waals surface area contributed by atoms with Gasteiger partial charge in [-0.25, -0.2) is 0 Å². The monoisotopic (exact) mass is 677 g/mol. The van der Waals surface area contributed by atoms with Gasteiger partial charge >= 0.3 is 0 Å². The molecule has 0 saturated carbocycles. The molecule has 0 bridgehead atoms. The van der Waals surface area contributed by atoms with Gasteiger partial charge in [0.2, 0.25) is 0 Å². The smallest absolute Gasteiger partial charge is 0.0645 e. The molecule has 10 aromatic rings. The fourth-order valence-corrected chi connectivity index (χ4v) is 7.71. The Labute approximate surface area is 315 Å². The highest BCUT2D eigenvalue weighted by atomic mass is 15.1. The fraction of sp³-hybridized carbons (Fsp3) is 0. The van der Waals surface area contributed by atoms with E-state index in [0.717, 1.165) is 76.7 Å². The minimum Gasteiger partial charge on any atom is -0.310 e. The number of hydrogen-bond donors (Lipinski definition) is 0. The molecule has 0 radical (unpaired) electrons. The van der Waals surface area contributed by atoms with Crippen LogP contribution in [0.4, 0.5) is 17.1 Å². The molecule has 10 aromatic carbocycles. The normalized spacial score (nSPS) is 12.5. The first kappa shape index (κ1) is 26.8. The first-order valence-corrected chi connectivity index (χ1v) is 17.9. The molecule has 0 saturated heterocycles. The van der Waals surface area contributed by atoms with Crippen molar-refractivity contribution >= 4 is 60.2 Å². The number of fused-ring (bicyclic) bond motifs is 6. The highest BCUT2D eigenvalue weighted by Gasteiger charge is 2.18. The summed E-state index contributed by atoms with van der Waals surface area (Å²) in [5.74, 6) is 0. The maximum Gasteiger partial charge on any atom is 0.0645 e. The zero-order valence-electron chi connectivity index (χ0n) is 32.8. The predicted molar refractivity (Wildman–Crippen MR) is 227 cm³/mol. The average Bonchev–Trinajstić information content (AvgIpc) is 3.27. The summed E-state index contributed by atoms with van der Waals surface area (Å²) in [5.41, 5.74) is 7.07. The van der Waals surface area contributed by atoms with E-state index in [1.54, 1.807) is 0 Å². The molecule has 1 nitrogen and oxygen atoms in total. The molecule has 0 aromatic heterocycles. The Kier molecular flexibility index (Phi) is 6.56. The lowest BCUT2D eigenvalue weighted by Gasteiger charge is -2.28. The zero-order valence-corrected chi connectivity index (χ0v) is 28.8. The van der Waals surface area contributed by atoms with E-state index in [4.69, 9.17) is 0 Å². The van der Waals surface area contributed by atoms with Gasteiger partial charge in [0.15, 0.2) is 0 Å². The third-order valence-corrected chi connectivity index (χ3v) is 10.3. The van der Waals surface area contributed by atoms with Crippen molar-refractivity contribution in [3.63, 3.8) is 0 Å². The maximum absolute atomic E-state index is 9.73. The Morgan fingerprint density at radius 2 is 0.736 bits per heavy atom. The van der Waals surface area contributed by atoms with Gasteiger partial charge in [0.1, 0.15) is 0 Å². The lowest BCUT2D eigenvalue weighted by molar-refractivity contribution is 1.30. The van der Waals surface area contributed by atoms with Crippen molar-refractivity contribution in [3.05, 3.63) is 212 Å². The molecular formula is C52H35N. The summed E-state index contributed by atoms with van der Waals surface area (Å²) in [6.07, 6.45) is 0. The second kappa shape index (κ2) is 13.0. The molecule has 0 unspecified atom stereocenters. The van der Waals surface area contributed by atoms with Gasteiger partial charge in [-0.1, -0.05) is 176 Å². The number of rotatable bonds is 6. The van der Waals surface area contributed by atoms with Crippen LogP contribution in [0, 0.1) is 0 Å². The molecule has 248 valence electrons. The Hall–Kier alpha value is -6.96. The Morgan fingerprint density at radius 1 is 0.302 bits per heavy atom. The van der Waals surface area contributed by atoms with Crippen LogP contribution in [0.1, 0.15) is 5.48 Å². The van der Waals surface area contributed by atoms with Crippen LogP contribution in [-0.2, 0) is 0 Å². The van der Waals surface area contributed by atoms with Gasteiger partial charge in [0.05, 0.1) is 11.2 Å². The third-order valence-electron chi connectivity index (χ3n) is 10.3. The minimum absolute atomic E-state index is 0.0864. The van der Waals surface area contributed by atoms with E-state index in [9.17, 15) is 5.48 Å². The Bertz CT molecular complexity index is 3130. The standard InChI is InChI=1S/C52H35N/c1-2-12-36(13-3-1)37-22-24-38(25-23-37)39-26-30-43(31-27-39)53(52-35-42-15-5-7-17-46(42)48-19-10-11-21-50(48)52)44-32-28-40(29-33-44)51-34-41-14-4-6-16-45(41)47-18-8-9-20-49(47)51/h1-35H/i28D,29D,32D,33D. The lowest BCUT2D eigenvalue weighted by atomic mass is 9.93. The lowest BCUT2D eigenvalue weighted by Crippen LogP contribution is -2.10. The van der Waals surface area contributed by atoms with Crippen LogP contribution in [0.5, 0.6) is 0 Å². The van der Waals surface area contributed by atoms with Crippen LogP contribution in [0.25, 0.3) is 76.5 Å². The van der Waals surface area contributed by atoms with Crippen molar-refractivity contribution in [1.29, 1.82) is 0 Å². The van der Waals surface area contributed by atoms with Gasteiger partial charge in [0, 0.05) is 16.8 Å². The second-order valence-corrected chi connectivity index (χ2v) is 13.4. The molecular weight excluding hydrogens is 639 g/mol. The number of benzene rings is 10. The highest BCUT2D eigenvalue weighted by molar-refractivity contribution is 6.15. The van der Waals surface area contributed by atoms with Crippen molar-refractivity contribution in [2.45, 2.75) is 0 Å². The molecule has 1 heteroatoms. The predicted octanol–water partition coefficient (Wildman–Crippen LogP) is 14.8. The first-order valence-electron chi connectivity index (χ1n) is 19.9. The van der Waals surface area contributed by atoms with E-state index in [2.05, 4.69) is 91.0 Å². The van der Waals surface area contributed by atoms with E-state index >= 15 is 0 Å². The van der Waals surface area contributed by atoms with E-state index < -0.39 is 0 Å². The number of hydrogen-bond acceptors (Lipinski definition) is 1. The van der Waals surface area contributed by atoms with E-state index in [0.29, 0.717) is 5.56 Å². The van der Waals surface area contributed by atoms with Gasteiger partial charge in [0.25, 0.3) is 0 Å². The Balaban J connectivity index is 1.18. The maximum atomic E-state index is 9.73. The fourth-order valence-electron chi connectivity index (χ4n) is 7.71.